The standard InChI is InChI=1S/C24H15ClFN3O5/c1-12-18(25)6-3-7-19(12)27-20(13-4-2-5-14(26)10-13)21(24(27)32)28-22(30)16-9-8-15(29(33)34)11-17(16)23(28)31/h2-11,20-21H,1H3/t20-,21+/m0/s1. The number of nitrogens with zero attached hydrogens (tertiary/aromatic N) is 3. The molecule has 0 N–H and O–H groups in total. The van der Waals surface area contributed by atoms with Crippen molar-refractivity contribution >= 4 is 40.7 Å². The third-order valence-corrected chi connectivity index (χ3v) is 6.56. The summed E-state index contributed by atoms with van der Waals surface area (Å²) in [7, 11) is 0. The van der Waals surface area contributed by atoms with Gasteiger partial charge in [-0.1, -0.05) is 29.8 Å². The number of hydrogen-bond acceptors (Lipinski definition) is 5. The minimum Gasteiger partial charge on any atom is -0.300 e. The normalized spacial score (nSPS) is 19.3. The number of nitro groups is 1. The van der Waals surface area contributed by atoms with Crippen LogP contribution in [0.1, 0.15) is 37.9 Å². The molecular weight excluding hydrogens is 465 g/mol. The number of amides is 3. The van der Waals surface area contributed by atoms with Crippen molar-refractivity contribution in [1.82, 2.24) is 4.90 Å². The number of anilines is 1. The number of benzene rings is 3. The van der Waals surface area contributed by atoms with E-state index in [2.05, 4.69) is 0 Å². The van der Waals surface area contributed by atoms with E-state index in [1.807, 2.05) is 0 Å². The highest BCUT2D eigenvalue weighted by Crippen LogP contribution is 2.46. The summed E-state index contributed by atoms with van der Waals surface area (Å²) < 4.78 is 14.1. The number of hydrogen-bond donors (Lipinski definition) is 0. The summed E-state index contributed by atoms with van der Waals surface area (Å²) in [4.78, 5) is 52.4. The van der Waals surface area contributed by atoms with E-state index in [0.717, 1.165) is 17.0 Å². The summed E-state index contributed by atoms with van der Waals surface area (Å²) in [6, 6.07) is 11.8. The minimum absolute atomic E-state index is 0.0289. The number of non-ortho nitro benzene ring substituents is 1. The Labute approximate surface area is 197 Å². The monoisotopic (exact) mass is 479 g/mol. The molecule has 34 heavy (non-hydrogen) atoms. The number of nitro benzene ring substituents is 1. The molecule has 8 nitrogen and oxygen atoms in total. The molecular formula is C24H15ClFN3O5. The van der Waals surface area contributed by atoms with Gasteiger partial charge >= 0.3 is 0 Å². The van der Waals surface area contributed by atoms with Crippen LogP contribution in [0.2, 0.25) is 5.02 Å². The van der Waals surface area contributed by atoms with E-state index in [1.165, 1.54) is 29.2 Å². The molecule has 0 unspecified atom stereocenters. The number of carbonyl (C=O) groups is 3. The fraction of sp³-hybridized carbons (Fsp3) is 0.125. The zero-order valence-corrected chi connectivity index (χ0v) is 18.3. The lowest BCUT2D eigenvalue weighted by atomic mass is 9.85. The number of halogens is 2. The van der Waals surface area contributed by atoms with E-state index >= 15 is 0 Å². The molecule has 2 heterocycles. The summed E-state index contributed by atoms with van der Waals surface area (Å²) >= 11 is 6.25. The van der Waals surface area contributed by atoms with Gasteiger partial charge in [0, 0.05) is 22.8 Å². The Morgan fingerprint density at radius 1 is 0.912 bits per heavy atom. The predicted octanol–water partition coefficient (Wildman–Crippen LogP) is 4.45. The van der Waals surface area contributed by atoms with Crippen molar-refractivity contribution in [2.45, 2.75) is 19.0 Å². The molecule has 0 aliphatic carbocycles. The minimum atomic E-state index is -1.26. The maximum absolute atomic E-state index is 14.1. The average Bonchev–Trinajstić information content (AvgIpc) is 3.04. The Morgan fingerprint density at radius 2 is 1.62 bits per heavy atom. The van der Waals surface area contributed by atoms with E-state index in [-0.39, 0.29) is 16.8 Å². The summed E-state index contributed by atoms with van der Waals surface area (Å²) in [5.74, 6) is -2.65. The second-order valence-corrected chi connectivity index (χ2v) is 8.41. The fourth-order valence-electron chi connectivity index (χ4n) is 4.49. The van der Waals surface area contributed by atoms with Crippen LogP contribution in [0.25, 0.3) is 0 Å². The van der Waals surface area contributed by atoms with Crippen LogP contribution in [0.4, 0.5) is 15.8 Å². The van der Waals surface area contributed by atoms with Crippen molar-refractivity contribution in [2.75, 3.05) is 4.90 Å². The lowest BCUT2D eigenvalue weighted by Gasteiger charge is -2.50. The molecule has 2 atom stereocenters. The SMILES string of the molecule is Cc1c(Cl)cccc1N1C(=O)[C@H](N2C(=O)c3ccc([N+](=O)[O-])cc3C2=O)[C@@H]1c1cccc(F)c1. The number of carbonyl (C=O) groups excluding carboxylic acids is 3. The van der Waals surface area contributed by atoms with Crippen molar-refractivity contribution in [1.29, 1.82) is 0 Å². The second-order valence-electron chi connectivity index (χ2n) is 8.00. The van der Waals surface area contributed by atoms with Gasteiger partial charge in [0.2, 0.25) is 0 Å². The van der Waals surface area contributed by atoms with E-state index in [1.54, 1.807) is 31.2 Å². The molecule has 10 heteroatoms. The highest BCUT2D eigenvalue weighted by molar-refractivity contribution is 6.32. The van der Waals surface area contributed by atoms with E-state index in [0.29, 0.717) is 21.8 Å². The van der Waals surface area contributed by atoms with Gasteiger partial charge in [-0.15, -0.1) is 0 Å². The Kier molecular flexibility index (Phi) is 4.94. The molecule has 0 radical (unpaired) electrons. The molecule has 0 bridgehead atoms. The first kappa shape index (κ1) is 21.7. The Balaban J connectivity index is 1.61. The number of β-lactam (4-membered cyclic amide) rings is 1. The highest BCUT2D eigenvalue weighted by atomic mass is 35.5. The Hall–Kier alpha value is -4.11. The molecule has 2 aliphatic rings. The van der Waals surface area contributed by atoms with Crippen LogP contribution in [0.3, 0.4) is 0 Å². The van der Waals surface area contributed by atoms with Gasteiger partial charge in [0.15, 0.2) is 0 Å². The molecule has 3 aromatic rings. The smallest absolute Gasteiger partial charge is 0.270 e. The van der Waals surface area contributed by atoms with Crippen molar-refractivity contribution in [2.24, 2.45) is 0 Å². The number of imide groups is 1. The molecule has 2 aliphatic heterocycles. The molecule has 1 saturated heterocycles. The number of fused-ring (bicyclic) bond motifs is 1. The average molecular weight is 480 g/mol. The number of rotatable bonds is 4. The molecule has 1 fully saturated rings. The van der Waals surface area contributed by atoms with Gasteiger partial charge in [-0.2, -0.15) is 0 Å². The predicted molar refractivity (Wildman–Crippen MR) is 120 cm³/mol. The largest absolute Gasteiger partial charge is 0.300 e. The molecule has 0 saturated carbocycles. The maximum atomic E-state index is 14.1. The summed E-state index contributed by atoms with van der Waals surface area (Å²) in [5, 5.41) is 11.6. The quantitative estimate of drug-likeness (QED) is 0.238. The zero-order valence-electron chi connectivity index (χ0n) is 17.6. The van der Waals surface area contributed by atoms with Gasteiger partial charge in [-0.05, 0) is 48.4 Å². The van der Waals surface area contributed by atoms with E-state index < -0.39 is 40.5 Å². The lowest BCUT2D eigenvalue weighted by molar-refractivity contribution is -0.384. The molecule has 3 aromatic carbocycles. The first-order chi connectivity index (χ1) is 16.2. The third-order valence-electron chi connectivity index (χ3n) is 6.15. The Morgan fingerprint density at radius 3 is 2.32 bits per heavy atom. The maximum Gasteiger partial charge on any atom is 0.270 e. The fourth-order valence-corrected chi connectivity index (χ4v) is 4.66. The van der Waals surface area contributed by atoms with Gasteiger partial charge in [0.1, 0.15) is 11.9 Å². The van der Waals surface area contributed by atoms with Crippen LogP contribution in [-0.2, 0) is 4.79 Å². The van der Waals surface area contributed by atoms with Gasteiger partial charge in [-0.3, -0.25) is 29.4 Å². The molecule has 0 aromatic heterocycles. The second kappa shape index (κ2) is 7.74. The molecule has 170 valence electrons. The first-order valence-electron chi connectivity index (χ1n) is 10.2. The molecule has 0 spiro atoms. The van der Waals surface area contributed by atoms with Crippen molar-refractivity contribution in [3.8, 4) is 0 Å². The van der Waals surface area contributed by atoms with Gasteiger partial charge in [-0.25, -0.2) is 4.39 Å². The lowest BCUT2D eigenvalue weighted by Crippen LogP contribution is -2.67. The van der Waals surface area contributed by atoms with Crippen LogP contribution in [0.5, 0.6) is 0 Å². The van der Waals surface area contributed by atoms with Crippen LogP contribution >= 0.6 is 11.6 Å². The van der Waals surface area contributed by atoms with Crippen molar-refractivity contribution in [3.63, 3.8) is 0 Å². The van der Waals surface area contributed by atoms with Crippen LogP contribution < -0.4 is 4.90 Å². The van der Waals surface area contributed by atoms with E-state index in [9.17, 15) is 28.9 Å². The topological polar surface area (TPSA) is 101 Å². The Bertz CT molecular complexity index is 1430. The van der Waals surface area contributed by atoms with Crippen LogP contribution in [0, 0.1) is 22.9 Å². The third kappa shape index (κ3) is 3.08. The van der Waals surface area contributed by atoms with Crippen LogP contribution in [0.15, 0.2) is 60.7 Å². The van der Waals surface area contributed by atoms with Gasteiger partial charge in [0.25, 0.3) is 23.4 Å². The first-order valence-corrected chi connectivity index (χ1v) is 10.6. The summed E-state index contributed by atoms with van der Waals surface area (Å²) in [6.45, 7) is 1.72. The highest BCUT2D eigenvalue weighted by Gasteiger charge is 2.57. The molecule has 3 amide bonds. The molecule has 5 rings (SSSR count). The zero-order chi connectivity index (χ0) is 24.3. The van der Waals surface area contributed by atoms with Crippen molar-refractivity contribution in [3.05, 3.63) is 104 Å². The summed E-state index contributed by atoms with van der Waals surface area (Å²) in [5.41, 5.74) is 0.929. The van der Waals surface area contributed by atoms with E-state index in [4.69, 9.17) is 11.6 Å². The van der Waals surface area contributed by atoms with Crippen LogP contribution in [-0.4, -0.2) is 33.6 Å². The summed E-state index contributed by atoms with van der Waals surface area (Å²) in [6.07, 6.45) is 0. The van der Waals surface area contributed by atoms with Crippen molar-refractivity contribution < 1.29 is 23.7 Å². The van der Waals surface area contributed by atoms with Gasteiger partial charge in [0.05, 0.1) is 22.1 Å². The van der Waals surface area contributed by atoms with Gasteiger partial charge < -0.3 is 4.90 Å².